The van der Waals surface area contributed by atoms with Gasteiger partial charge in [0.2, 0.25) is 5.89 Å². The van der Waals surface area contributed by atoms with E-state index in [4.69, 9.17) is 4.42 Å². The average Bonchev–Trinajstić information content (AvgIpc) is 2.56. The van der Waals surface area contributed by atoms with E-state index in [9.17, 15) is 0 Å². The summed E-state index contributed by atoms with van der Waals surface area (Å²) in [4.78, 5) is 4.27. The van der Waals surface area contributed by atoms with Crippen LogP contribution in [0.1, 0.15) is 11.5 Å². The Labute approximate surface area is 99.6 Å². The first kappa shape index (κ1) is 10.6. The predicted octanol–water partition coefficient (Wildman–Crippen LogP) is 3.00. The molecule has 0 unspecified atom stereocenters. The third kappa shape index (κ3) is 2.57. The van der Waals surface area contributed by atoms with Crippen molar-refractivity contribution in [3.63, 3.8) is 0 Å². The number of aromatic nitrogens is 3. The minimum Gasteiger partial charge on any atom is -0.416 e. The summed E-state index contributed by atoms with van der Waals surface area (Å²) in [7, 11) is 0. The molecule has 2 aromatic rings. The van der Waals surface area contributed by atoms with Gasteiger partial charge in [-0.15, -0.1) is 10.2 Å². The van der Waals surface area contributed by atoms with Gasteiger partial charge in [-0.2, -0.15) is 0 Å². The average molecular weight is 286 g/mol. The summed E-state index contributed by atoms with van der Waals surface area (Å²) in [5, 5.41) is 9.05. The van der Waals surface area contributed by atoms with E-state index < -0.39 is 0 Å². The quantitative estimate of drug-likeness (QED) is 0.849. The van der Waals surface area contributed by atoms with Crippen molar-refractivity contribution >= 4 is 27.7 Å². The molecular formula is C9H8BrN3OS. The van der Waals surface area contributed by atoms with Gasteiger partial charge in [-0.1, -0.05) is 0 Å². The van der Waals surface area contributed by atoms with Crippen molar-refractivity contribution in [1.82, 2.24) is 15.2 Å². The van der Waals surface area contributed by atoms with Crippen LogP contribution < -0.4 is 0 Å². The molecule has 0 atom stereocenters. The first-order valence-electron chi connectivity index (χ1n) is 4.25. The third-order valence-electron chi connectivity index (χ3n) is 1.69. The zero-order chi connectivity index (χ0) is 10.8. The second-order valence-electron chi connectivity index (χ2n) is 2.96. The number of nitrogens with zero attached hydrogens (tertiary/aromatic N) is 3. The first-order chi connectivity index (χ1) is 7.15. The van der Waals surface area contributed by atoms with Crippen LogP contribution in [0.4, 0.5) is 0 Å². The molecule has 0 aromatic carbocycles. The largest absolute Gasteiger partial charge is 0.416 e. The SMILES string of the molecule is Cc1nnc(Sc2ncc(Br)cc2C)o1. The van der Waals surface area contributed by atoms with Gasteiger partial charge >= 0.3 is 0 Å². The van der Waals surface area contributed by atoms with Crippen LogP contribution in [0.2, 0.25) is 0 Å². The molecular weight excluding hydrogens is 278 g/mol. The van der Waals surface area contributed by atoms with Gasteiger partial charge in [0.25, 0.3) is 5.22 Å². The Morgan fingerprint density at radius 3 is 2.73 bits per heavy atom. The molecule has 6 heteroatoms. The molecule has 0 aliphatic heterocycles. The molecule has 2 rings (SSSR count). The fourth-order valence-corrected chi connectivity index (χ4v) is 2.22. The lowest BCUT2D eigenvalue weighted by Gasteiger charge is -2.00. The smallest absolute Gasteiger partial charge is 0.282 e. The zero-order valence-corrected chi connectivity index (χ0v) is 10.6. The molecule has 2 aromatic heterocycles. The molecule has 0 aliphatic carbocycles. The summed E-state index contributed by atoms with van der Waals surface area (Å²) in [6.07, 6.45) is 1.75. The number of rotatable bonds is 2. The van der Waals surface area contributed by atoms with Gasteiger partial charge in [0.05, 0.1) is 0 Å². The summed E-state index contributed by atoms with van der Waals surface area (Å²) in [6, 6.07) is 2.00. The van der Waals surface area contributed by atoms with Gasteiger partial charge in [-0.05, 0) is 46.2 Å². The highest BCUT2D eigenvalue weighted by molar-refractivity contribution is 9.10. The summed E-state index contributed by atoms with van der Waals surface area (Å²) < 4.78 is 6.23. The standard InChI is InChI=1S/C9H8BrN3OS/c1-5-3-7(10)4-11-8(5)15-9-13-12-6(2)14-9/h3-4H,1-2H3. The van der Waals surface area contributed by atoms with Crippen LogP contribution in [-0.4, -0.2) is 15.2 Å². The summed E-state index contributed by atoms with van der Waals surface area (Å²) >= 11 is 4.73. The van der Waals surface area contributed by atoms with Crippen LogP contribution in [-0.2, 0) is 0 Å². The number of hydrogen-bond acceptors (Lipinski definition) is 5. The van der Waals surface area contributed by atoms with E-state index in [0.29, 0.717) is 11.1 Å². The van der Waals surface area contributed by atoms with E-state index in [1.807, 2.05) is 13.0 Å². The van der Waals surface area contributed by atoms with Crippen LogP contribution >= 0.6 is 27.7 Å². The number of halogens is 1. The minimum atomic E-state index is 0.519. The monoisotopic (exact) mass is 285 g/mol. The van der Waals surface area contributed by atoms with Gasteiger partial charge in [-0.25, -0.2) is 4.98 Å². The second-order valence-corrected chi connectivity index (χ2v) is 4.82. The normalized spacial score (nSPS) is 10.6. The van der Waals surface area contributed by atoms with Crippen molar-refractivity contribution in [2.75, 3.05) is 0 Å². The first-order valence-corrected chi connectivity index (χ1v) is 5.86. The van der Waals surface area contributed by atoms with Crippen LogP contribution in [0, 0.1) is 13.8 Å². The molecule has 0 aliphatic rings. The Balaban J connectivity index is 2.24. The summed E-state index contributed by atoms with van der Waals surface area (Å²) in [6.45, 7) is 3.75. The Morgan fingerprint density at radius 1 is 1.33 bits per heavy atom. The Kier molecular flexibility index (Phi) is 3.06. The molecule has 15 heavy (non-hydrogen) atoms. The maximum atomic E-state index is 5.26. The molecule has 0 spiro atoms. The van der Waals surface area contributed by atoms with Crippen LogP contribution in [0.3, 0.4) is 0 Å². The summed E-state index contributed by atoms with van der Waals surface area (Å²) in [5.74, 6) is 0.562. The van der Waals surface area contributed by atoms with Gasteiger partial charge < -0.3 is 4.42 Å². The molecule has 4 nitrogen and oxygen atoms in total. The minimum absolute atomic E-state index is 0.519. The third-order valence-corrected chi connectivity index (χ3v) is 3.08. The number of pyridine rings is 1. The fraction of sp³-hybridized carbons (Fsp3) is 0.222. The molecule has 0 saturated heterocycles. The molecule has 0 radical (unpaired) electrons. The van der Waals surface area contributed by atoms with Crippen LogP contribution in [0.25, 0.3) is 0 Å². The fourth-order valence-electron chi connectivity index (χ4n) is 1.04. The number of aryl methyl sites for hydroxylation is 2. The molecule has 0 amide bonds. The van der Waals surface area contributed by atoms with E-state index in [-0.39, 0.29) is 0 Å². The molecule has 2 heterocycles. The molecule has 0 fully saturated rings. The van der Waals surface area contributed by atoms with Gasteiger partial charge in [0.15, 0.2) is 0 Å². The van der Waals surface area contributed by atoms with E-state index in [0.717, 1.165) is 15.1 Å². The molecule has 78 valence electrons. The molecule has 0 N–H and O–H groups in total. The molecule has 0 saturated carbocycles. The van der Waals surface area contributed by atoms with Crippen molar-refractivity contribution in [1.29, 1.82) is 0 Å². The van der Waals surface area contributed by atoms with Gasteiger partial charge in [-0.3, -0.25) is 0 Å². The van der Waals surface area contributed by atoms with Crippen molar-refractivity contribution in [3.8, 4) is 0 Å². The van der Waals surface area contributed by atoms with Crippen molar-refractivity contribution < 1.29 is 4.42 Å². The van der Waals surface area contributed by atoms with Crippen LogP contribution in [0.5, 0.6) is 0 Å². The van der Waals surface area contributed by atoms with Crippen molar-refractivity contribution in [2.45, 2.75) is 24.1 Å². The number of hydrogen-bond donors (Lipinski definition) is 0. The Bertz CT molecular complexity index is 486. The van der Waals surface area contributed by atoms with Crippen molar-refractivity contribution in [3.05, 3.63) is 28.2 Å². The lowest BCUT2D eigenvalue weighted by Crippen LogP contribution is -1.85. The van der Waals surface area contributed by atoms with Crippen molar-refractivity contribution in [2.24, 2.45) is 0 Å². The highest BCUT2D eigenvalue weighted by Gasteiger charge is 2.08. The van der Waals surface area contributed by atoms with E-state index in [2.05, 4.69) is 31.1 Å². The van der Waals surface area contributed by atoms with Crippen LogP contribution in [0.15, 0.2) is 31.4 Å². The second kappa shape index (κ2) is 4.32. The van der Waals surface area contributed by atoms with E-state index >= 15 is 0 Å². The maximum Gasteiger partial charge on any atom is 0.282 e. The predicted molar refractivity (Wildman–Crippen MR) is 59.8 cm³/mol. The highest BCUT2D eigenvalue weighted by Crippen LogP contribution is 2.28. The molecule has 0 bridgehead atoms. The van der Waals surface area contributed by atoms with Gasteiger partial charge in [0, 0.05) is 17.6 Å². The van der Waals surface area contributed by atoms with Gasteiger partial charge in [0.1, 0.15) is 5.03 Å². The Hall–Kier alpha value is -0.880. The lowest BCUT2D eigenvalue weighted by atomic mass is 10.3. The topological polar surface area (TPSA) is 51.8 Å². The van der Waals surface area contributed by atoms with E-state index in [1.54, 1.807) is 13.1 Å². The zero-order valence-electron chi connectivity index (χ0n) is 8.19. The highest BCUT2D eigenvalue weighted by atomic mass is 79.9. The maximum absolute atomic E-state index is 5.26. The Morgan fingerprint density at radius 2 is 2.13 bits per heavy atom. The van der Waals surface area contributed by atoms with E-state index in [1.165, 1.54) is 11.8 Å². The summed E-state index contributed by atoms with van der Waals surface area (Å²) in [5.41, 5.74) is 1.07. The lowest BCUT2D eigenvalue weighted by molar-refractivity contribution is 0.429.